The third kappa shape index (κ3) is 2.72. The van der Waals surface area contributed by atoms with E-state index >= 15 is 0 Å². The molecular weight excluding hydrogens is 256 g/mol. The van der Waals surface area contributed by atoms with Gasteiger partial charge in [0, 0.05) is 12.3 Å². The summed E-state index contributed by atoms with van der Waals surface area (Å²) in [5.41, 5.74) is -0.362. The second-order valence-corrected chi connectivity index (χ2v) is 6.14. The SMILES string of the molecule is CC1(C)CN(C(=O)N2CSC[C@H]2C(=O)O)CCO1. The average Bonchev–Trinajstić information content (AvgIpc) is 2.75. The molecule has 2 aliphatic rings. The summed E-state index contributed by atoms with van der Waals surface area (Å²) < 4.78 is 5.55. The Morgan fingerprint density at radius 3 is 2.78 bits per heavy atom. The van der Waals surface area contributed by atoms with E-state index < -0.39 is 12.0 Å². The molecule has 2 fully saturated rings. The molecule has 0 aliphatic carbocycles. The van der Waals surface area contributed by atoms with Crippen LogP contribution in [0.15, 0.2) is 0 Å². The lowest BCUT2D eigenvalue weighted by molar-refractivity contribution is -0.141. The molecule has 0 radical (unpaired) electrons. The average molecular weight is 274 g/mol. The fraction of sp³-hybridized carbons (Fsp3) is 0.818. The van der Waals surface area contributed by atoms with Crippen molar-refractivity contribution in [3.8, 4) is 0 Å². The Morgan fingerprint density at radius 2 is 2.17 bits per heavy atom. The first-order valence-electron chi connectivity index (χ1n) is 5.91. The van der Waals surface area contributed by atoms with Gasteiger partial charge in [0.2, 0.25) is 0 Å². The Balaban J connectivity index is 2.04. The largest absolute Gasteiger partial charge is 0.480 e. The van der Waals surface area contributed by atoms with E-state index in [1.165, 1.54) is 16.7 Å². The zero-order chi connectivity index (χ0) is 13.3. The lowest BCUT2D eigenvalue weighted by atomic mass is 10.1. The molecular formula is C11H18N2O4S. The predicted molar refractivity (Wildman–Crippen MR) is 67.6 cm³/mol. The third-order valence-electron chi connectivity index (χ3n) is 3.11. The van der Waals surface area contributed by atoms with Gasteiger partial charge in [-0.25, -0.2) is 9.59 Å². The van der Waals surface area contributed by atoms with Gasteiger partial charge in [-0.05, 0) is 13.8 Å². The number of rotatable bonds is 1. The van der Waals surface area contributed by atoms with Gasteiger partial charge in [0.05, 0.1) is 24.6 Å². The number of ether oxygens (including phenoxy) is 1. The molecule has 6 nitrogen and oxygen atoms in total. The lowest BCUT2D eigenvalue weighted by Crippen LogP contribution is -2.56. The summed E-state index contributed by atoms with van der Waals surface area (Å²) in [6.07, 6.45) is 0. The molecule has 0 saturated carbocycles. The quantitative estimate of drug-likeness (QED) is 0.761. The molecule has 0 aromatic heterocycles. The molecule has 0 unspecified atom stereocenters. The maximum Gasteiger partial charge on any atom is 0.327 e. The number of carboxylic acids is 1. The Morgan fingerprint density at radius 1 is 1.44 bits per heavy atom. The number of carboxylic acid groups (broad SMARTS) is 1. The predicted octanol–water partition coefficient (Wildman–Crippen LogP) is 0.677. The minimum absolute atomic E-state index is 0.191. The molecule has 2 aliphatic heterocycles. The number of morpholine rings is 1. The van der Waals surface area contributed by atoms with Crippen molar-refractivity contribution in [2.45, 2.75) is 25.5 Å². The summed E-state index contributed by atoms with van der Waals surface area (Å²) in [4.78, 5) is 26.5. The summed E-state index contributed by atoms with van der Waals surface area (Å²) in [6, 6.07) is -0.891. The molecule has 2 saturated heterocycles. The van der Waals surface area contributed by atoms with Crippen LogP contribution < -0.4 is 0 Å². The summed E-state index contributed by atoms with van der Waals surface area (Å²) in [6.45, 7) is 5.38. The van der Waals surface area contributed by atoms with E-state index in [4.69, 9.17) is 9.84 Å². The van der Waals surface area contributed by atoms with E-state index in [9.17, 15) is 9.59 Å². The molecule has 0 spiro atoms. The first kappa shape index (κ1) is 13.5. The zero-order valence-electron chi connectivity index (χ0n) is 10.6. The number of urea groups is 1. The van der Waals surface area contributed by atoms with Gasteiger partial charge in [-0.2, -0.15) is 0 Å². The number of nitrogens with zero attached hydrogens (tertiary/aromatic N) is 2. The second-order valence-electron chi connectivity index (χ2n) is 5.14. The minimum atomic E-state index is -0.930. The number of hydrogen-bond donors (Lipinski definition) is 1. The van der Waals surface area contributed by atoms with E-state index in [2.05, 4.69) is 0 Å². The van der Waals surface area contributed by atoms with Crippen molar-refractivity contribution in [3.63, 3.8) is 0 Å². The van der Waals surface area contributed by atoms with Crippen molar-refractivity contribution in [2.24, 2.45) is 0 Å². The highest BCUT2D eigenvalue weighted by Gasteiger charge is 2.39. The first-order valence-corrected chi connectivity index (χ1v) is 7.06. The van der Waals surface area contributed by atoms with Crippen molar-refractivity contribution >= 4 is 23.8 Å². The Bertz CT molecular complexity index is 361. The van der Waals surface area contributed by atoms with Crippen molar-refractivity contribution in [1.82, 2.24) is 9.80 Å². The number of hydrogen-bond acceptors (Lipinski definition) is 4. The zero-order valence-corrected chi connectivity index (χ0v) is 11.4. The van der Waals surface area contributed by atoms with Crippen LogP contribution in [0.3, 0.4) is 0 Å². The summed E-state index contributed by atoms with van der Waals surface area (Å²) >= 11 is 1.48. The van der Waals surface area contributed by atoms with Gasteiger partial charge in [0.1, 0.15) is 6.04 Å². The standard InChI is InChI=1S/C11H18N2O4S/c1-11(2)6-12(3-4-17-11)10(16)13-7-18-5-8(13)9(14)15/h8H,3-7H2,1-2H3,(H,14,15)/t8-/m0/s1. The molecule has 0 aromatic rings. The topological polar surface area (TPSA) is 70.1 Å². The molecule has 2 amide bonds. The highest BCUT2D eigenvalue weighted by molar-refractivity contribution is 7.99. The smallest absolute Gasteiger partial charge is 0.327 e. The van der Waals surface area contributed by atoms with Crippen LogP contribution in [0.1, 0.15) is 13.8 Å². The van der Waals surface area contributed by atoms with Crippen molar-refractivity contribution in [1.29, 1.82) is 0 Å². The second kappa shape index (κ2) is 4.97. The molecule has 0 aromatic carbocycles. The van der Waals surface area contributed by atoms with Crippen LogP contribution in [0, 0.1) is 0 Å². The van der Waals surface area contributed by atoms with E-state index in [1.807, 2.05) is 13.8 Å². The molecule has 7 heteroatoms. The fourth-order valence-corrected chi connectivity index (χ4v) is 3.34. The highest BCUT2D eigenvalue weighted by atomic mass is 32.2. The Kier molecular flexibility index (Phi) is 3.72. The summed E-state index contributed by atoms with van der Waals surface area (Å²) in [5, 5.41) is 9.08. The first-order chi connectivity index (χ1) is 8.41. The van der Waals surface area contributed by atoms with Gasteiger partial charge in [-0.1, -0.05) is 0 Å². The van der Waals surface area contributed by atoms with E-state index in [0.717, 1.165) is 0 Å². The Hall–Kier alpha value is -0.950. The van der Waals surface area contributed by atoms with Crippen molar-refractivity contribution in [2.75, 3.05) is 31.3 Å². The molecule has 2 heterocycles. The normalized spacial score (nSPS) is 27.3. The molecule has 18 heavy (non-hydrogen) atoms. The Labute approximate surface area is 110 Å². The fourth-order valence-electron chi connectivity index (χ4n) is 2.20. The minimum Gasteiger partial charge on any atom is -0.480 e. The van der Waals surface area contributed by atoms with Crippen LogP contribution in [-0.2, 0) is 9.53 Å². The maximum absolute atomic E-state index is 12.3. The van der Waals surface area contributed by atoms with Gasteiger partial charge < -0.3 is 19.6 Å². The molecule has 102 valence electrons. The number of amides is 2. The van der Waals surface area contributed by atoms with E-state index in [-0.39, 0.29) is 11.6 Å². The molecule has 0 bridgehead atoms. The van der Waals surface area contributed by atoms with Crippen molar-refractivity contribution in [3.05, 3.63) is 0 Å². The molecule has 1 atom stereocenters. The number of carbonyl (C=O) groups is 2. The van der Waals surface area contributed by atoms with Gasteiger partial charge in [-0.15, -0.1) is 11.8 Å². The highest BCUT2D eigenvalue weighted by Crippen LogP contribution is 2.24. The van der Waals surface area contributed by atoms with Crippen LogP contribution in [-0.4, -0.2) is 69.9 Å². The van der Waals surface area contributed by atoms with Crippen LogP contribution in [0.25, 0.3) is 0 Å². The monoisotopic (exact) mass is 274 g/mol. The maximum atomic E-state index is 12.3. The number of thioether (sulfide) groups is 1. The molecule has 2 rings (SSSR count). The van der Waals surface area contributed by atoms with Gasteiger partial charge in [0.15, 0.2) is 0 Å². The number of carbonyl (C=O) groups excluding carboxylic acids is 1. The lowest BCUT2D eigenvalue weighted by Gasteiger charge is -2.40. The van der Waals surface area contributed by atoms with Crippen LogP contribution >= 0.6 is 11.8 Å². The van der Waals surface area contributed by atoms with Gasteiger partial charge in [0.25, 0.3) is 0 Å². The van der Waals surface area contributed by atoms with Crippen LogP contribution in [0.2, 0.25) is 0 Å². The van der Waals surface area contributed by atoms with E-state index in [1.54, 1.807) is 4.90 Å². The van der Waals surface area contributed by atoms with Crippen LogP contribution in [0.5, 0.6) is 0 Å². The molecule has 1 N–H and O–H groups in total. The third-order valence-corrected chi connectivity index (χ3v) is 4.12. The number of aliphatic carboxylic acids is 1. The van der Waals surface area contributed by atoms with Gasteiger partial charge >= 0.3 is 12.0 Å². The van der Waals surface area contributed by atoms with Crippen molar-refractivity contribution < 1.29 is 19.4 Å². The van der Waals surface area contributed by atoms with Gasteiger partial charge in [-0.3, -0.25) is 0 Å². The summed E-state index contributed by atoms with van der Waals surface area (Å²) in [7, 11) is 0. The van der Waals surface area contributed by atoms with E-state index in [0.29, 0.717) is 31.3 Å². The van der Waals surface area contributed by atoms with Crippen LogP contribution in [0.4, 0.5) is 4.79 Å². The summed E-state index contributed by atoms with van der Waals surface area (Å²) in [5.74, 6) is -0.0107.